The van der Waals surface area contributed by atoms with Crippen molar-refractivity contribution >= 4 is 41.4 Å². The molecule has 2 unspecified atom stereocenters. The third kappa shape index (κ3) is 19.4. The molecule has 0 radical (unpaired) electrons. The number of phenolic OH excluding ortho intramolecular Hbond substituents is 1. The average Bonchev–Trinajstić information content (AvgIpc) is 4.00. The van der Waals surface area contributed by atoms with Crippen molar-refractivity contribution in [1.29, 1.82) is 0 Å². The maximum absolute atomic E-state index is 14.6. The summed E-state index contributed by atoms with van der Waals surface area (Å²) in [6, 6.07) is -5.87. The summed E-state index contributed by atoms with van der Waals surface area (Å²) in [7, 11) is 0. The molecular weight excluding hydrogens is 1000 g/mol. The molecule has 4 rings (SSSR count). The van der Waals surface area contributed by atoms with Crippen LogP contribution < -0.4 is 43.4 Å². The average molecular weight is 1090 g/mol. The van der Waals surface area contributed by atoms with Gasteiger partial charge in [-0.15, -0.1) is 0 Å². The van der Waals surface area contributed by atoms with E-state index in [4.69, 9.17) is 11.5 Å². The molecule has 0 aliphatic carbocycles. The van der Waals surface area contributed by atoms with Gasteiger partial charge in [0.15, 0.2) is 0 Å². The standard InChI is InChI=1S/C52H88N10O15/c1-5-28(2)20-29(3)12-10-8-6-7-9-11-13-41(69)56-36-24-40(68)46(55-19-18-53)60-49(74)39-23-34(66)26-61(39)51(76)37(21-33(65)25-54)57-50(75)43(45(71)44(70)31-14-16-32(64)17-15-31)59-48(73)38-22-35(67)27-62(38)52(77)42(30(4)63)58-47(36)72/h14-17,28-30,33-40,42-46,55,63-68,70-71H,5-13,18-27,53-54H2,1-4H3,(H,56,69)(H,57,75)(H,58,72)(H,59,73)(H,60,74)/t28?,29?,30-,33-,34-,35-,36+,37+,38+,39+,40-,42+,43+,44+,45+,46+/m1/s1. The zero-order valence-corrected chi connectivity index (χ0v) is 45.0. The minimum atomic E-state index is -2.26. The van der Waals surface area contributed by atoms with E-state index in [0.29, 0.717) is 24.7 Å². The van der Waals surface area contributed by atoms with E-state index in [1.807, 2.05) is 0 Å². The molecule has 3 heterocycles. The fourth-order valence-corrected chi connectivity index (χ4v) is 10.2. The summed E-state index contributed by atoms with van der Waals surface area (Å²) in [5, 5.41) is 104. The van der Waals surface area contributed by atoms with Crippen LogP contribution in [-0.4, -0.2) is 204 Å². The van der Waals surface area contributed by atoms with Crippen LogP contribution in [0.15, 0.2) is 24.3 Å². The maximum Gasteiger partial charge on any atom is 0.248 e. The van der Waals surface area contributed by atoms with Gasteiger partial charge < -0.3 is 88.7 Å². The van der Waals surface area contributed by atoms with E-state index in [-0.39, 0.29) is 37.2 Å². The maximum atomic E-state index is 14.6. The van der Waals surface area contributed by atoms with Gasteiger partial charge in [-0.05, 0) is 49.3 Å². The van der Waals surface area contributed by atoms with Crippen LogP contribution in [0.5, 0.6) is 5.75 Å². The zero-order chi connectivity index (χ0) is 57.1. The molecule has 18 N–H and O–H groups in total. The van der Waals surface area contributed by atoms with E-state index in [2.05, 4.69) is 52.7 Å². The van der Waals surface area contributed by atoms with Crippen molar-refractivity contribution in [2.45, 2.75) is 203 Å². The molecule has 1 aromatic carbocycles. The van der Waals surface area contributed by atoms with Crippen molar-refractivity contribution in [3.63, 3.8) is 0 Å². The van der Waals surface area contributed by atoms with Crippen LogP contribution in [0.1, 0.15) is 129 Å². The minimum Gasteiger partial charge on any atom is -0.508 e. The van der Waals surface area contributed by atoms with Crippen LogP contribution in [0, 0.1) is 11.8 Å². The molecule has 436 valence electrons. The third-order valence-electron chi connectivity index (χ3n) is 14.8. The fourth-order valence-electron chi connectivity index (χ4n) is 10.2. The Balaban J connectivity index is 1.72. The van der Waals surface area contributed by atoms with Crippen molar-refractivity contribution in [2.75, 3.05) is 32.7 Å². The van der Waals surface area contributed by atoms with Crippen LogP contribution in [0.3, 0.4) is 0 Å². The van der Waals surface area contributed by atoms with Crippen molar-refractivity contribution in [2.24, 2.45) is 23.3 Å². The Kier molecular flexibility index (Phi) is 26.4. The normalized spacial score (nSPS) is 28.6. The predicted octanol–water partition coefficient (Wildman–Crippen LogP) is -3.31. The minimum absolute atomic E-state index is 0.0158. The van der Waals surface area contributed by atoms with Gasteiger partial charge >= 0.3 is 0 Å². The lowest BCUT2D eigenvalue weighted by atomic mass is 9.91. The molecule has 25 heteroatoms. The second-order valence-corrected chi connectivity index (χ2v) is 21.4. The molecule has 25 nitrogen and oxygen atoms in total. The predicted molar refractivity (Wildman–Crippen MR) is 280 cm³/mol. The number of benzene rings is 1. The Morgan fingerprint density at radius 2 is 1.29 bits per heavy atom. The van der Waals surface area contributed by atoms with Gasteiger partial charge in [0.05, 0.1) is 30.5 Å². The summed E-state index contributed by atoms with van der Waals surface area (Å²) in [6.45, 7) is 6.42. The number of unbranched alkanes of at least 4 members (excludes halogenated alkanes) is 5. The summed E-state index contributed by atoms with van der Waals surface area (Å²) >= 11 is 0. The van der Waals surface area contributed by atoms with E-state index in [1.54, 1.807) is 0 Å². The number of amides is 7. The number of hydrogen-bond donors (Lipinski definition) is 16. The monoisotopic (exact) mass is 1090 g/mol. The number of nitrogens with one attached hydrogen (secondary N) is 6. The van der Waals surface area contributed by atoms with Gasteiger partial charge in [-0.25, -0.2) is 0 Å². The number of aliphatic hydroxyl groups excluding tert-OH is 7. The molecule has 0 spiro atoms. The number of phenols is 1. The Morgan fingerprint density at radius 1 is 0.714 bits per heavy atom. The SMILES string of the molecule is CCC(C)CC(C)CCCCCCCCC(=O)N[C@H]1C[C@@H](O)[C@@H](NCCN)NC(=O)[C@@H]2C[C@@H](O)CN2C(=O)[C@H](C[C@@H](O)CN)NC(=O)[C@H]([C@H](O)[C@@H](O)c2ccc(O)cc2)NC(=O)[C@@H]2C[C@@H](O)CN2C(=O)[C@H]([C@@H](C)O)NC1=O. The van der Waals surface area contributed by atoms with Gasteiger partial charge in [0.1, 0.15) is 60.4 Å². The van der Waals surface area contributed by atoms with Crippen LogP contribution >= 0.6 is 0 Å². The van der Waals surface area contributed by atoms with Crippen molar-refractivity contribution in [3.8, 4) is 5.75 Å². The van der Waals surface area contributed by atoms with Gasteiger partial charge in [0, 0.05) is 64.8 Å². The first kappa shape index (κ1) is 64.4. The summed E-state index contributed by atoms with van der Waals surface area (Å²) in [4.78, 5) is 102. The van der Waals surface area contributed by atoms with Gasteiger partial charge in [0.25, 0.3) is 0 Å². The van der Waals surface area contributed by atoms with Crippen LogP contribution in [0.25, 0.3) is 0 Å². The quantitative estimate of drug-likeness (QED) is 0.0477. The van der Waals surface area contributed by atoms with Crippen molar-refractivity contribution in [1.82, 2.24) is 41.7 Å². The van der Waals surface area contributed by atoms with Crippen molar-refractivity contribution < 1.29 is 74.4 Å². The Labute approximate surface area is 450 Å². The highest BCUT2D eigenvalue weighted by Gasteiger charge is 2.47. The molecule has 3 saturated heterocycles. The summed E-state index contributed by atoms with van der Waals surface area (Å²) < 4.78 is 0. The number of carbonyl (C=O) groups is 7. The van der Waals surface area contributed by atoms with E-state index in [1.165, 1.54) is 30.7 Å². The van der Waals surface area contributed by atoms with Gasteiger partial charge in [-0.3, -0.25) is 38.9 Å². The highest BCUT2D eigenvalue weighted by Crippen LogP contribution is 2.27. The number of fused-ring (bicyclic) bond motifs is 2. The fraction of sp³-hybridized carbons (Fsp3) is 0.750. The number of nitrogens with two attached hydrogens (primary N) is 2. The first-order valence-electron chi connectivity index (χ1n) is 27.3. The lowest BCUT2D eigenvalue weighted by Crippen LogP contribution is -2.63. The second kappa shape index (κ2) is 31.5. The topological polar surface area (TPSA) is 412 Å². The number of carbonyl (C=O) groups excluding carboxylic acids is 7. The Morgan fingerprint density at radius 3 is 1.87 bits per heavy atom. The summed E-state index contributed by atoms with van der Waals surface area (Å²) in [6.07, 6.45) is -6.65. The van der Waals surface area contributed by atoms with Gasteiger partial charge in [0.2, 0.25) is 41.4 Å². The number of aromatic hydroxyl groups is 1. The number of rotatable bonds is 23. The summed E-state index contributed by atoms with van der Waals surface area (Å²) in [5.74, 6) is -6.14. The molecule has 7 amide bonds. The molecule has 77 heavy (non-hydrogen) atoms. The largest absolute Gasteiger partial charge is 0.508 e. The second-order valence-electron chi connectivity index (χ2n) is 21.4. The van der Waals surface area contributed by atoms with Gasteiger partial charge in [-0.2, -0.15) is 0 Å². The number of aliphatic hydroxyl groups is 7. The van der Waals surface area contributed by atoms with Crippen molar-refractivity contribution in [3.05, 3.63) is 29.8 Å². The number of hydrogen-bond acceptors (Lipinski definition) is 18. The van der Waals surface area contributed by atoms with Crippen LogP contribution in [-0.2, 0) is 33.6 Å². The molecule has 3 fully saturated rings. The molecule has 3 aliphatic rings. The van der Waals surface area contributed by atoms with Crippen LogP contribution in [0.2, 0.25) is 0 Å². The van der Waals surface area contributed by atoms with Gasteiger partial charge in [-0.1, -0.05) is 77.8 Å². The Hall–Kier alpha value is -5.09. The first-order chi connectivity index (χ1) is 36.5. The third-order valence-corrected chi connectivity index (χ3v) is 14.8. The molecule has 0 aromatic heterocycles. The van der Waals surface area contributed by atoms with E-state index < -0.39 is 165 Å². The lowest BCUT2D eigenvalue weighted by Gasteiger charge is -2.34. The molecule has 0 saturated carbocycles. The highest BCUT2D eigenvalue weighted by molar-refractivity contribution is 5.98. The molecule has 3 aliphatic heterocycles. The molecule has 16 atom stereocenters. The molecular formula is C52H88N10O15. The smallest absolute Gasteiger partial charge is 0.248 e. The Bertz CT molecular complexity index is 2070. The zero-order valence-electron chi connectivity index (χ0n) is 45.0. The van der Waals surface area contributed by atoms with E-state index in [0.717, 1.165) is 55.2 Å². The van der Waals surface area contributed by atoms with Crippen LogP contribution in [0.4, 0.5) is 0 Å². The van der Waals surface area contributed by atoms with E-state index in [9.17, 15) is 74.4 Å². The van der Waals surface area contributed by atoms with E-state index >= 15 is 0 Å². The molecule has 1 aromatic rings. The molecule has 0 bridgehead atoms. The first-order valence-corrected chi connectivity index (χ1v) is 27.3. The summed E-state index contributed by atoms with van der Waals surface area (Å²) in [5.41, 5.74) is 11.5. The number of nitrogens with zero attached hydrogens (tertiary/aromatic N) is 2. The highest BCUT2D eigenvalue weighted by atomic mass is 16.3. The lowest BCUT2D eigenvalue weighted by molar-refractivity contribution is -0.146.